The van der Waals surface area contributed by atoms with Gasteiger partial charge >= 0.3 is 0 Å². The Hall–Kier alpha value is -1.01. The number of carbonyl (C=O) groups is 1. The number of aliphatic hydroxyl groups excluding tert-OH is 1. The Kier molecular flexibility index (Phi) is 8.69. The quantitative estimate of drug-likeness (QED) is 0.495. The molecule has 3 N–H and O–H groups in total. The zero-order valence-electron chi connectivity index (χ0n) is 14.7. The normalized spacial score (nSPS) is 22.2. The molecule has 3 unspecified atom stereocenters. The van der Waals surface area contributed by atoms with Gasteiger partial charge in [0.15, 0.2) is 5.78 Å². The fraction of sp³-hybridized carbons (Fsp3) is 0.765. The average molecular weight is 343 g/mol. The fourth-order valence-corrected chi connectivity index (χ4v) is 3.86. The molecule has 5 nitrogen and oxygen atoms in total. The maximum absolute atomic E-state index is 12.6. The Bertz CT molecular complexity index is 463. The monoisotopic (exact) mass is 342 g/mol. The first kappa shape index (κ1) is 20.0. The van der Waals surface area contributed by atoms with Crippen LogP contribution in [-0.4, -0.2) is 40.3 Å². The van der Waals surface area contributed by atoms with E-state index < -0.39 is 6.04 Å². The van der Waals surface area contributed by atoms with E-state index in [-0.39, 0.29) is 23.0 Å². The number of hydrogen-bond acceptors (Lipinski definition) is 6. The van der Waals surface area contributed by atoms with E-state index in [2.05, 4.69) is 19.0 Å². The fourth-order valence-electron chi connectivity index (χ4n) is 2.88. The molecule has 0 amide bonds. The number of thioether (sulfide) groups is 1. The lowest BCUT2D eigenvalue weighted by molar-refractivity contribution is -0.116. The number of ketones is 1. The van der Waals surface area contributed by atoms with Gasteiger partial charge in [-0.25, -0.2) is 0 Å². The Balaban J connectivity index is 2.95. The van der Waals surface area contributed by atoms with Crippen molar-refractivity contribution >= 4 is 23.3 Å². The lowest BCUT2D eigenvalue weighted by atomic mass is 9.81. The van der Waals surface area contributed by atoms with Crippen molar-refractivity contribution in [3.8, 4) is 0 Å². The zero-order chi connectivity index (χ0) is 17.4. The van der Waals surface area contributed by atoms with Gasteiger partial charge in [-0.3, -0.25) is 4.79 Å². The van der Waals surface area contributed by atoms with Crippen LogP contribution in [0.5, 0.6) is 0 Å². The molecule has 0 heterocycles. The lowest BCUT2D eigenvalue weighted by Crippen LogP contribution is -2.36. The summed E-state index contributed by atoms with van der Waals surface area (Å²) in [5.41, 5.74) is 6.72. The molecule has 0 fully saturated rings. The molecule has 1 rings (SSSR count). The third-order valence-corrected chi connectivity index (χ3v) is 5.07. The third-order valence-electron chi connectivity index (χ3n) is 3.98. The van der Waals surface area contributed by atoms with Crippen molar-refractivity contribution in [2.75, 3.05) is 12.4 Å². The highest BCUT2D eigenvalue weighted by molar-refractivity contribution is 7.99. The highest BCUT2D eigenvalue weighted by atomic mass is 32.2. The maximum atomic E-state index is 12.6. The van der Waals surface area contributed by atoms with Crippen molar-refractivity contribution in [3.05, 3.63) is 11.3 Å². The molecular weight excluding hydrogens is 312 g/mol. The molecule has 1 aliphatic carbocycles. The van der Waals surface area contributed by atoms with E-state index >= 15 is 0 Å². The summed E-state index contributed by atoms with van der Waals surface area (Å²) in [6, 6.07) is -0.409. The van der Waals surface area contributed by atoms with Gasteiger partial charge in [0.25, 0.3) is 0 Å². The van der Waals surface area contributed by atoms with Gasteiger partial charge in [0, 0.05) is 18.1 Å². The summed E-state index contributed by atoms with van der Waals surface area (Å²) in [5, 5.41) is 14.9. The highest BCUT2D eigenvalue weighted by Gasteiger charge is 2.33. The van der Waals surface area contributed by atoms with E-state index in [1.807, 2.05) is 25.6 Å². The smallest absolute Gasteiger partial charge is 0.168 e. The van der Waals surface area contributed by atoms with Gasteiger partial charge in [-0.05, 0) is 31.4 Å². The van der Waals surface area contributed by atoms with Crippen LogP contribution < -0.4 is 5.73 Å². The van der Waals surface area contributed by atoms with E-state index in [0.29, 0.717) is 36.8 Å². The van der Waals surface area contributed by atoms with Crippen LogP contribution in [0.4, 0.5) is 0 Å². The van der Waals surface area contributed by atoms with Crippen molar-refractivity contribution in [2.45, 2.75) is 64.7 Å². The van der Waals surface area contributed by atoms with Gasteiger partial charge in [0.1, 0.15) is 18.1 Å². The van der Waals surface area contributed by atoms with Crippen LogP contribution in [0, 0.1) is 5.92 Å². The molecule has 0 saturated heterocycles. The first-order valence-electron chi connectivity index (χ1n) is 8.47. The second kappa shape index (κ2) is 9.98. The number of hydrogen-bond donors (Lipinski definition) is 2. The molecule has 0 bridgehead atoms. The Morgan fingerprint density at radius 1 is 1.43 bits per heavy atom. The molecule has 0 aliphatic heterocycles. The summed E-state index contributed by atoms with van der Waals surface area (Å²) in [6.45, 7) is 8.44. The van der Waals surface area contributed by atoms with Crippen molar-refractivity contribution in [1.29, 1.82) is 0 Å². The number of carbonyl (C=O) groups excluding carboxylic acids is 1. The van der Waals surface area contributed by atoms with Crippen molar-refractivity contribution in [2.24, 2.45) is 16.8 Å². The van der Waals surface area contributed by atoms with E-state index in [4.69, 9.17) is 10.6 Å². The van der Waals surface area contributed by atoms with Crippen molar-refractivity contribution in [3.63, 3.8) is 0 Å². The van der Waals surface area contributed by atoms with Crippen LogP contribution >= 0.6 is 11.8 Å². The first-order chi connectivity index (χ1) is 10.9. The number of Topliss-reactive ketones (excluding diaryl/α,β-unsaturated/α-hetero) is 1. The minimum atomic E-state index is -0.409. The summed E-state index contributed by atoms with van der Waals surface area (Å²) in [7, 11) is 0. The Morgan fingerprint density at radius 2 is 2.13 bits per heavy atom. The third kappa shape index (κ3) is 5.84. The van der Waals surface area contributed by atoms with Gasteiger partial charge in [0.2, 0.25) is 0 Å². The number of aliphatic hydroxyl groups is 1. The molecule has 0 aromatic carbocycles. The second-order valence-electron chi connectivity index (χ2n) is 5.93. The summed E-state index contributed by atoms with van der Waals surface area (Å²) >= 11 is 1.88. The lowest BCUT2D eigenvalue weighted by Gasteiger charge is -2.27. The van der Waals surface area contributed by atoms with Gasteiger partial charge in [-0.2, -0.15) is 11.8 Å². The SMILES string of the molecule is CCON=C(C1=C(O)CC(CC(C)SCC)CC1=O)C(N)CC. The van der Waals surface area contributed by atoms with Crippen LogP contribution in [0.25, 0.3) is 0 Å². The number of oxime groups is 1. The summed E-state index contributed by atoms with van der Waals surface area (Å²) in [6.07, 6.45) is 2.51. The number of nitrogens with two attached hydrogens (primary N) is 1. The van der Waals surface area contributed by atoms with Gasteiger partial charge < -0.3 is 15.7 Å². The van der Waals surface area contributed by atoms with E-state index in [9.17, 15) is 9.90 Å². The molecule has 3 atom stereocenters. The maximum Gasteiger partial charge on any atom is 0.168 e. The van der Waals surface area contributed by atoms with Crippen molar-refractivity contribution in [1.82, 2.24) is 0 Å². The van der Waals surface area contributed by atoms with Crippen LogP contribution in [0.15, 0.2) is 16.5 Å². The number of rotatable bonds is 9. The van der Waals surface area contributed by atoms with E-state index in [1.54, 1.807) is 0 Å². The van der Waals surface area contributed by atoms with E-state index in [0.717, 1.165) is 12.2 Å². The van der Waals surface area contributed by atoms with Gasteiger partial charge in [-0.15, -0.1) is 0 Å². The Morgan fingerprint density at radius 3 is 2.65 bits per heavy atom. The summed E-state index contributed by atoms with van der Waals surface area (Å²) < 4.78 is 0. The van der Waals surface area contributed by atoms with Crippen LogP contribution in [-0.2, 0) is 9.63 Å². The molecule has 1 aliphatic rings. The summed E-state index contributed by atoms with van der Waals surface area (Å²) in [4.78, 5) is 17.7. The first-order valence-corrected chi connectivity index (χ1v) is 9.51. The molecule has 6 heteroatoms. The Labute approximate surface area is 143 Å². The van der Waals surface area contributed by atoms with Gasteiger partial charge in [-0.1, -0.05) is 25.9 Å². The number of nitrogens with zero attached hydrogens (tertiary/aromatic N) is 1. The zero-order valence-corrected chi connectivity index (χ0v) is 15.5. The standard InChI is InChI=1S/C17H30N2O3S/c1-5-13(18)17(19-22-6-2)16-14(20)9-12(10-15(16)21)8-11(4)23-7-3/h11-13,20H,5-10,18H2,1-4H3. The molecule has 132 valence electrons. The molecule has 23 heavy (non-hydrogen) atoms. The van der Waals surface area contributed by atoms with Gasteiger partial charge in [0.05, 0.1) is 11.6 Å². The summed E-state index contributed by atoms with van der Waals surface area (Å²) in [5.74, 6) is 1.29. The predicted octanol–water partition coefficient (Wildman–Crippen LogP) is 3.44. The van der Waals surface area contributed by atoms with Crippen LogP contribution in [0.2, 0.25) is 0 Å². The molecule has 0 saturated carbocycles. The second-order valence-corrected chi connectivity index (χ2v) is 7.65. The average Bonchev–Trinajstić information content (AvgIpc) is 2.49. The van der Waals surface area contributed by atoms with Crippen molar-refractivity contribution < 1.29 is 14.7 Å². The minimum absolute atomic E-state index is 0.0743. The molecule has 0 spiro atoms. The highest BCUT2D eigenvalue weighted by Crippen LogP contribution is 2.32. The largest absolute Gasteiger partial charge is 0.511 e. The molecule has 0 radical (unpaired) electrons. The molecular formula is C17H30N2O3S. The number of allylic oxidation sites excluding steroid dienone is 1. The predicted molar refractivity (Wildman–Crippen MR) is 96.9 cm³/mol. The minimum Gasteiger partial charge on any atom is -0.511 e. The topological polar surface area (TPSA) is 84.9 Å². The molecule has 0 aromatic rings. The van der Waals surface area contributed by atoms with E-state index in [1.165, 1.54) is 0 Å². The molecule has 0 aromatic heterocycles. The van der Waals surface area contributed by atoms with Crippen LogP contribution in [0.3, 0.4) is 0 Å². The van der Waals surface area contributed by atoms with Crippen LogP contribution in [0.1, 0.15) is 53.4 Å².